The van der Waals surface area contributed by atoms with Crippen molar-refractivity contribution in [3.8, 4) is 11.5 Å². The van der Waals surface area contributed by atoms with Crippen molar-refractivity contribution in [1.29, 1.82) is 0 Å². The molecule has 0 bridgehead atoms. The van der Waals surface area contributed by atoms with Crippen LogP contribution in [0.15, 0.2) is 47.5 Å². The Morgan fingerprint density at radius 3 is 2.75 bits per heavy atom. The molecule has 4 heteroatoms. The van der Waals surface area contributed by atoms with E-state index in [0.29, 0.717) is 17.9 Å². The zero-order chi connectivity index (χ0) is 14.4. The molecule has 0 amide bonds. The van der Waals surface area contributed by atoms with E-state index < -0.39 is 0 Å². The number of para-hydroxylation sites is 1. The molecule has 0 aliphatic heterocycles. The number of hydrogen-bond donors (Lipinski definition) is 2. The van der Waals surface area contributed by atoms with Crippen LogP contribution in [0.25, 0.3) is 0 Å². The van der Waals surface area contributed by atoms with Crippen molar-refractivity contribution in [1.82, 2.24) is 0 Å². The van der Waals surface area contributed by atoms with Gasteiger partial charge in [-0.05, 0) is 36.8 Å². The first-order chi connectivity index (χ1) is 9.74. The van der Waals surface area contributed by atoms with Crippen molar-refractivity contribution in [2.75, 3.05) is 6.61 Å². The number of aliphatic hydroxyl groups excluding tert-OH is 1. The SMILES string of the molecule is CCOc1cccc(C=Nc2cccc(CO)c2)c1O. The van der Waals surface area contributed by atoms with Gasteiger partial charge >= 0.3 is 0 Å². The number of nitrogens with zero attached hydrogens (tertiary/aromatic N) is 1. The third-order valence-electron chi connectivity index (χ3n) is 2.78. The molecule has 0 fully saturated rings. The van der Waals surface area contributed by atoms with Crippen LogP contribution in [0.2, 0.25) is 0 Å². The highest BCUT2D eigenvalue weighted by molar-refractivity contribution is 5.86. The Labute approximate surface area is 118 Å². The van der Waals surface area contributed by atoms with E-state index in [2.05, 4.69) is 4.99 Å². The lowest BCUT2D eigenvalue weighted by atomic mass is 10.2. The van der Waals surface area contributed by atoms with Crippen molar-refractivity contribution in [3.63, 3.8) is 0 Å². The highest BCUT2D eigenvalue weighted by Crippen LogP contribution is 2.29. The predicted molar refractivity (Wildman–Crippen MR) is 78.9 cm³/mol. The fraction of sp³-hybridized carbons (Fsp3) is 0.188. The Balaban J connectivity index is 2.24. The van der Waals surface area contributed by atoms with Crippen LogP contribution in [0, 0.1) is 0 Å². The molecule has 0 saturated heterocycles. The third-order valence-corrected chi connectivity index (χ3v) is 2.78. The second kappa shape index (κ2) is 6.73. The van der Waals surface area contributed by atoms with Crippen molar-refractivity contribution in [2.45, 2.75) is 13.5 Å². The van der Waals surface area contributed by atoms with Gasteiger partial charge in [0.2, 0.25) is 0 Å². The number of aromatic hydroxyl groups is 1. The van der Waals surface area contributed by atoms with Gasteiger partial charge in [0.25, 0.3) is 0 Å². The van der Waals surface area contributed by atoms with Crippen LogP contribution in [0.5, 0.6) is 11.5 Å². The van der Waals surface area contributed by atoms with Crippen molar-refractivity contribution in [2.24, 2.45) is 4.99 Å². The average Bonchev–Trinajstić information content (AvgIpc) is 2.48. The summed E-state index contributed by atoms with van der Waals surface area (Å²) >= 11 is 0. The average molecular weight is 271 g/mol. The molecule has 104 valence electrons. The van der Waals surface area contributed by atoms with E-state index in [9.17, 15) is 5.11 Å². The van der Waals surface area contributed by atoms with E-state index >= 15 is 0 Å². The van der Waals surface area contributed by atoms with Crippen LogP contribution in [-0.4, -0.2) is 23.0 Å². The molecule has 0 aliphatic rings. The molecular formula is C16H17NO3. The lowest BCUT2D eigenvalue weighted by molar-refractivity contribution is 0.282. The number of hydrogen-bond acceptors (Lipinski definition) is 4. The first-order valence-corrected chi connectivity index (χ1v) is 6.43. The van der Waals surface area contributed by atoms with Gasteiger partial charge in [-0.15, -0.1) is 0 Å². The van der Waals surface area contributed by atoms with E-state index in [-0.39, 0.29) is 12.4 Å². The van der Waals surface area contributed by atoms with Crippen LogP contribution in [0.1, 0.15) is 18.1 Å². The topological polar surface area (TPSA) is 62.0 Å². The maximum atomic E-state index is 10.0. The number of phenols is 1. The number of aliphatic hydroxyl groups is 1. The summed E-state index contributed by atoms with van der Waals surface area (Å²) in [7, 11) is 0. The lowest BCUT2D eigenvalue weighted by Crippen LogP contribution is -1.93. The van der Waals surface area contributed by atoms with E-state index in [1.807, 2.05) is 25.1 Å². The molecule has 2 N–H and O–H groups in total. The summed E-state index contributed by atoms with van der Waals surface area (Å²) in [4.78, 5) is 4.30. The normalized spacial score (nSPS) is 10.9. The first-order valence-electron chi connectivity index (χ1n) is 6.43. The van der Waals surface area contributed by atoms with Crippen LogP contribution in [-0.2, 0) is 6.61 Å². The monoisotopic (exact) mass is 271 g/mol. The van der Waals surface area contributed by atoms with Gasteiger partial charge < -0.3 is 14.9 Å². The molecule has 4 nitrogen and oxygen atoms in total. The Kier molecular flexibility index (Phi) is 4.74. The van der Waals surface area contributed by atoms with Gasteiger partial charge in [-0.3, -0.25) is 4.99 Å². The molecule has 20 heavy (non-hydrogen) atoms. The second-order valence-corrected chi connectivity index (χ2v) is 4.21. The molecule has 0 unspecified atom stereocenters. The summed E-state index contributed by atoms with van der Waals surface area (Å²) in [5, 5.41) is 19.1. The van der Waals surface area contributed by atoms with Gasteiger partial charge in [0, 0.05) is 11.8 Å². The predicted octanol–water partition coefficient (Wildman–Crippen LogP) is 3.03. The zero-order valence-electron chi connectivity index (χ0n) is 11.3. The zero-order valence-corrected chi connectivity index (χ0v) is 11.3. The maximum absolute atomic E-state index is 10.0. The number of benzene rings is 2. The summed E-state index contributed by atoms with van der Waals surface area (Å²) in [6.07, 6.45) is 1.58. The van der Waals surface area contributed by atoms with Crippen molar-refractivity contribution in [3.05, 3.63) is 53.6 Å². The maximum Gasteiger partial charge on any atom is 0.166 e. The summed E-state index contributed by atoms with van der Waals surface area (Å²) in [5.41, 5.74) is 2.11. The van der Waals surface area contributed by atoms with Crippen molar-refractivity contribution >= 4 is 11.9 Å². The number of aliphatic imine (C=N–C) groups is 1. The summed E-state index contributed by atoms with van der Waals surface area (Å²) < 4.78 is 5.32. The molecule has 0 atom stereocenters. The second-order valence-electron chi connectivity index (χ2n) is 4.21. The third kappa shape index (κ3) is 3.36. The quantitative estimate of drug-likeness (QED) is 0.822. The molecule has 0 radical (unpaired) electrons. The van der Waals surface area contributed by atoms with Gasteiger partial charge in [0.15, 0.2) is 11.5 Å². The highest BCUT2D eigenvalue weighted by Gasteiger charge is 2.05. The fourth-order valence-electron chi connectivity index (χ4n) is 1.79. The Hall–Kier alpha value is -2.33. The van der Waals surface area contributed by atoms with Gasteiger partial charge in [-0.1, -0.05) is 18.2 Å². The van der Waals surface area contributed by atoms with Crippen LogP contribution in [0.3, 0.4) is 0 Å². The molecule has 2 rings (SSSR count). The molecule has 0 spiro atoms. The Bertz CT molecular complexity index is 608. The largest absolute Gasteiger partial charge is 0.504 e. The smallest absolute Gasteiger partial charge is 0.166 e. The number of ether oxygens (including phenoxy) is 1. The fourth-order valence-corrected chi connectivity index (χ4v) is 1.79. The molecule has 0 heterocycles. The van der Waals surface area contributed by atoms with Gasteiger partial charge in [0.1, 0.15) is 0 Å². The molecular weight excluding hydrogens is 254 g/mol. The Morgan fingerprint density at radius 1 is 1.20 bits per heavy atom. The van der Waals surface area contributed by atoms with Gasteiger partial charge in [-0.2, -0.15) is 0 Å². The summed E-state index contributed by atoms with van der Waals surface area (Å²) in [5.74, 6) is 0.525. The molecule has 2 aromatic rings. The minimum atomic E-state index is -0.0194. The van der Waals surface area contributed by atoms with Crippen molar-refractivity contribution < 1.29 is 14.9 Å². The summed E-state index contributed by atoms with van der Waals surface area (Å²) in [6, 6.07) is 12.6. The van der Waals surface area contributed by atoms with E-state index in [4.69, 9.17) is 9.84 Å². The van der Waals surface area contributed by atoms with Gasteiger partial charge in [-0.25, -0.2) is 0 Å². The van der Waals surface area contributed by atoms with Crippen LogP contribution >= 0.6 is 0 Å². The minimum Gasteiger partial charge on any atom is -0.504 e. The van der Waals surface area contributed by atoms with E-state index in [0.717, 1.165) is 11.3 Å². The lowest BCUT2D eigenvalue weighted by Gasteiger charge is -2.07. The molecule has 0 saturated carbocycles. The van der Waals surface area contributed by atoms with E-state index in [1.165, 1.54) is 0 Å². The summed E-state index contributed by atoms with van der Waals surface area (Å²) in [6.45, 7) is 2.34. The standard InChI is InChI=1S/C16H17NO3/c1-2-20-15-8-4-6-13(16(15)19)10-17-14-7-3-5-12(9-14)11-18/h3-10,18-19H,2,11H2,1H3. The van der Waals surface area contributed by atoms with Crippen LogP contribution < -0.4 is 4.74 Å². The minimum absolute atomic E-state index is 0.0194. The highest BCUT2D eigenvalue weighted by atomic mass is 16.5. The molecule has 2 aromatic carbocycles. The molecule has 0 aromatic heterocycles. The van der Waals surface area contributed by atoms with Crippen LogP contribution in [0.4, 0.5) is 5.69 Å². The molecule has 0 aliphatic carbocycles. The Morgan fingerprint density at radius 2 is 2.00 bits per heavy atom. The van der Waals surface area contributed by atoms with E-state index in [1.54, 1.807) is 30.5 Å². The van der Waals surface area contributed by atoms with Gasteiger partial charge in [0.05, 0.1) is 18.9 Å². The first kappa shape index (κ1) is 14.1. The number of rotatable bonds is 5. The number of phenolic OH excluding ortho intramolecular Hbond substituents is 1.